The van der Waals surface area contributed by atoms with Crippen LogP contribution >= 0.6 is 0 Å². The van der Waals surface area contributed by atoms with E-state index in [4.69, 9.17) is 0 Å². The molecule has 0 aliphatic heterocycles. The van der Waals surface area contributed by atoms with Gasteiger partial charge in [-0.2, -0.15) is 0 Å². The van der Waals surface area contributed by atoms with Crippen LogP contribution in [0.4, 0.5) is 0 Å². The summed E-state index contributed by atoms with van der Waals surface area (Å²) < 4.78 is 0. The Kier molecular flexibility index (Phi) is 3.61. The van der Waals surface area contributed by atoms with Gasteiger partial charge in [-0.05, 0) is 50.8 Å². The smallest absolute Gasteiger partial charge is 0.00965 e. The van der Waals surface area contributed by atoms with E-state index in [1.165, 1.54) is 5.56 Å². The van der Waals surface area contributed by atoms with Crippen LogP contribution in [0.1, 0.15) is 46.6 Å². The first-order valence-corrected chi connectivity index (χ1v) is 5.70. The van der Waals surface area contributed by atoms with Gasteiger partial charge < -0.3 is 10.3 Å². The van der Waals surface area contributed by atoms with Crippen LogP contribution in [-0.4, -0.2) is 17.1 Å². The Balaban J connectivity index is 2.44. The minimum Gasteiger partial charge on any atom is -0.367 e. The SMILES string of the molecule is CC(C)(C)NCCC(C)(C)c1cc[nH]c1. The molecule has 1 rings (SSSR count). The van der Waals surface area contributed by atoms with E-state index in [-0.39, 0.29) is 11.0 Å². The molecule has 86 valence electrons. The highest BCUT2D eigenvalue weighted by molar-refractivity contribution is 5.19. The third kappa shape index (κ3) is 4.08. The van der Waals surface area contributed by atoms with Gasteiger partial charge in [0.1, 0.15) is 0 Å². The van der Waals surface area contributed by atoms with E-state index in [2.05, 4.69) is 57.2 Å². The van der Waals surface area contributed by atoms with E-state index in [0.29, 0.717) is 0 Å². The zero-order valence-electron chi connectivity index (χ0n) is 10.6. The van der Waals surface area contributed by atoms with Crippen LogP contribution < -0.4 is 5.32 Å². The van der Waals surface area contributed by atoms with Gasteiger partial charge in [0.2, 0.25) is 0 Å². The zero-order chi connectivity index (χ0) is 11.5. The van der Waals surface area contributed by atoms with Crippen molar-refractivity contribution in [2.24, 2.45) is 0 Å². The molecule has 2 heteroatoms. The lowest BCUT2D eigenvalue weighted by Gasteiger charge is -2.27. The van der Waals surface area contributed by atoms with E-state index in [1.54, 1.807) is 0 Å². The zero-order valence-corrected chi connectivity index (χ0v) is 10.6. The minimum absolute atomic E-state index is 0.216. The Morgan fingerprint density at radius 2 is 1.87 bits per heavy atom. The van der Waals surface area contributed by atoms with Crippen molar-refractivity contribution in [2.75, 3.05) is 6.54 Å². The Morgan fingerprint density at radius 3 is 2.33 bits per heavy atom. The van der Waals surface area contributed by atoms with Crippen LogP contribution in [0.25, 0.3) is 0 Å². The van der Waals surface area contributed by atoms with Crippen molar-refractivity contribution in [3.63, 3.8) is 0 Å². The second kappa shape index (κ2) is 4.40. The van der Waals surface area contributed by atoms with Crippen LogP contribution in [-0.2, 0) is 5.41 Å². The van der Waals surface area contributed by atoms with Crippen LogP contribution in [0, 0.1) is 0 Å². The van der Waals surface area contributed by atoms with Crippen LogP contribution in [0.3, 0.4) is 0 Å². The van der Waals surface area contributed by atoms with Gasteiger partial charge in [-0.3, -0.25) is 0 Å². The molecule has 0 amide bonds. The third-order valence-corrected chi connectivity index (χ3v) is 2.78. The van der Waals surface area contributed by atoms with E-state index in [1.807, 2.05) is 6.20 Å². The summed E-state index contributed by atoms with van der Waals surface area (Å²) in [4.78, 5) is 3.12. The molecular weight excluding hydrogens is 184 g/mol. The lowest BCUT2D eigenvalue weighted by atomic mass is 9.83. The summed E-state index contributed by atoms with van der Waals surface area (Å²) in [7, 11) is 0. The molecule has 0 saturated heterocycles. The third-order valence-electron chi connectivity index (χ3n) is 2.78. The Bertz CT molecular complexity index is 278. The van der Waals surface area contributed by atoms with Gasteiger partial charge in [-0.1, -0.05) is 13.8 Å². The van der Waals surface area contributed by atoms with Crippen molar-refractivity contribution in [1.29, 1.82) is 0 Å². The van der Waals surface area contributed by atoms with Crippen molar-refractivity contribution in [3.8, 4) is 0 Å². The van der Waals surface area contributed by atoms with E-state index < -0.39 is 0 Å². The maximum absolute atomic E-state index is 3.53. The highest BCUT2D eigenvalue weighted by Gasteiger charge is 2.21. The van der Waals surface area contributed by atoms with Crippen molar-refractivity contribution >= 4 is 0 Å². The summed E-state index contributed by atoms with van der Waals surface area (Å²) in [5.74, 6) is 0. The average molecular weight is 208 g/mol. The molecule has 0 radical (unpaired) electrons. The molecule has 0 aromatic carbocycles. The van der Waals surface area contributed by atoms with Gasteiger partial charge in [0.15, 0.2) is 0 Å². The Labute approximate surface area is 93.5 Å². The summed E-state index contributed by atoms with van der Waals surface area (Å²) in [5, 5.41) is 3.53. The fourth-order valence-corrected chi connectivity index (χ4v) is 1.64. The monoisotopic (exact) mass is 208 g/mol. The number of aromatic nitrogens is 1. The lowest BCUT2D eigenvalue weighted by Crippen LogP contribution is -2.38. The van der Waals surface area contributed by atoms with Crippen LogP contribution in [0.2, 0.25) is 0 Å². The number of aromatic amines is 1. The second-order valence-corrected chi connectivity index (χ2v) is 5.91. The molecule has 0 bridgehead atoms. The number of nitrogens with one attached hydrogen (secondary N) is 2. The molecule has 15 heavy (non-hydrogen) atoms. The van der Waals surface area contributed by atoms with E-state index in [0.717, 1.165) is 13.0 Å². The molecule has 0 atom stereocenters. The van der Waals surface area contributed by atoms with Gasteiger partial charge in [0.25, 0.3) is 0 Å². The number of hydrogen-bond donors (Lipinski definition) is 2. The molecule has 0 saturated carbocycles. The van der Waals surface area contributed by atoms with Gasteiger partial charge in [-0.15, -0.1) is 0 Å². The molecule has 2 N–H and O–H groups in total. The quantitative estimate of drug-likeness (QED) is 0.782. The number of rotatable bonds is 4. The van der Waals surface area contributed by atoms with Crippen molar-refractivity contribution in [3.05, 3.63) is 24.0 Å². The van der Waals surface area contributed by atoms with Crippen molar-refractivity contribution in [2.45, 2.75) is 52.0 Å². The average Bonchev–Trinajstić information content (AvgIpc) is 2.52. The summed E-state index contributed by atoms with van der Waals surface area (Å²) >= 11 is 0. The Morgan fingerprint density at radius 1 is 1.20 bits per heavy atom. The molecule has 0 fully saturated rings. The molecular formula is C13H24N2. The largest absolute Gasteiger partial charge is 0.367 e. The van der Waals surface area contributed by atoms with Gasteiger partial charge in [0.05, 0.1) is 0 Å². The number of hydrogen-bond acceptors (Lipinski definition) is 1. The topological polar surface area (TPSA) is 27.8 Å². The van der Waals surface area contributed by atoms with E-state index in [9.17, 15) is 0 Å². The Hall–Kier alpha value is -0.760. The highest BCUT2D eigenvalue weighted by Crippen LogP contribution is 2.26. The standard InChI is InChI=1S/C13H24N2/c1-12(2,3)15-9-7-13(4,5)11-6-8-14-10-11/h6,8,10,14-15H,7,9H2,1-5H3. The van der Waals surface area contributed by atoms with Crippen molar-refractivity contribution < 1.29 is 0 Å². The summed E-state index contributed by atoms with van der Waals surface area (Å²) in [6.45, 7) is 12.3. The minimum atomic E-state index is 0.216. The fourth-order valence-electron chi connectivity index (χ4n) is 1.64. The molecule has 0 aliphatic carbocycles. The van der Waals surface area contributed by atoms with Gasteiger partial charge in [-0.25, -0.2) is 0 Å². The first-order chi connectivity index (χ1) is 6.81. The summed E-state index contributed by atoms with van der Waals surface area (Å²) in [6.07, 6.45) is 5.24. The molecule has 0 spiro atoms. The summed E-state index contributed by atoms with van der Waals surface area (Å²) in [6, 6.07) is 2.16. The predicted molar refractivity (Wildman–Crippen MR) is 66.2 cm³/mol. The van der Waals surface area contributed by atoms with Crippen LogP contribution in [0.15, 0.2) is 18.5 Å². The van der Waals surface area contributed by atoms with Gasteiger partial charge >= 0.3 is 0 Å². The molecule has 0 aliphatic rings. The van der Waals surface area contributed by atoms with E-state index >= 15 is 0 Å². The van der Waals surface area contributed by atoms with Gasteiger partial charge in [0, 0.05) is 17.9 Å². The normalized spacial score (nSPS) is 13.1. The lowest BCUT2D eigenvalue weighted by molar-refractivity contribution is 0.379. The molecule has 2 nitrogen and oxygen atoms in total. The molecule has 1 aromatic heterocycles. The van der Waals surface area contributed by atoms with Crippen molar-refractivity contribution in [1.82, 2.24) is 10.3 Å². The van der Waals surface area contributed by atoms with Crippen LogP contribution in [0.5, 0.6) is 0 Å². The maximum atomic E-state index is 3.53. The second-order valence-electron chi connectivity index (χ2n) is 5.91. The first kappa shape index (κ1) is 12.3. The number of H-pyrrole nitrogens is 1. The molecule has 1 heterocycles. The first-order valence-electron chi connectivity index (χ1n) is 5.70. The summed E-state index contributed by atoms with van der Waals surface area (Å²) in [5.41, 5.74) is 1.85. The molecule has 1 aromatic rings. The highest BCUT2D eigenvalue weighted by atomic mass is 14.9. The predicted octanol–water partition coefficient (Wildman–Crippen LogP) is 3.07. The maximum Gasteiger partial charge on any atom is 0.00965 e. The molecule has 0 unspecified atom stereocenters. The fraction of sp³-hybridized carbons (Fsp3) is 0.692.